The first kappa shape index (κ1) is 10.4. The Morgan fingerprint density at radius 1 is 1.50 bits per heavy atom. The van der Waals surface area contributed by atoms with E-state index in [-0.39, 0.29) is 12.3 Å². The van der Waals surface area contributed by atoms with Gasteiger partial charge in [0.2, 0.25) is 0 Å². The van der Waals surface area contributed by atoms with Crippen LogP contribution in [0.5, 0.6) is 0 Å². The molecular weight excluding hydrogens is 202 g/mol. The smallest absolute Gasteiger partial charge is 0.150 e. The summed E-state index contributed by atoms with van der Waals surface area (Å²) < 4.78 is 28.0. The lowest BCUT2D eigenvalue weighted by molar-refractivity contribution is 0.0378. The summed E-state index contributed by atoms with van der Waals surface area (Å²) in [5.74, 6) is 1.01. The van der Waals surface area contributed by atoms with Gasteiger partial charge in [-0.05, 0) is 25.7 Å². The first-order valence-electron chi connectivity index (χ1n) is 5.14. The molecule has 0 spiro atoms. The second-order valence-electron chi connectivity index (χ2n) is 4.35. The molecule has 3 atom stereocenters. The van der Waals surface area contributed by atoms with Gasteiger partial charge in [-0.1, -0.05) is 0 Å². The standard InChI is InChI=1S/C9H17NO3S/c1-7-5-10-9(13-7)4-8-2-3-14(11,12)6-8/h7-10H,2-6H2,1H3. The summed E-state index contributed by atoms with van der Waals surface area (Å²) >= 11 is 0. The zero-order valence-electron chi connectivity index (χ0n) is 8.40. The number of nitrogens with one attached hydrogen (secondary N) is 1. The quantitative estimate of drug-likeness (QED) is 0.718. The van der Waals surface area contributed by atoms with E-state index in [1.54, 1.807) is 0 Å². The van der Waals surface area contributed by atoms with E-state index in [2.05, 4.69) is 5.32 Å². The Balaban J connectivity index is 1.82. The molecule has 0 aliphatic carbocycles. The predicted molar refractivity (Wildman–Crippen MR) is 53.7 cm³/mol. The molecule has 0 bridgehead atoms. The summed E-state index contributed by atoms with van der Waals surface area (Å²) in [6.07, 6.45) is 1.98. The van der Waals surface area contributed by atoms with Crippen LogP contribution in [0, 0.1) is 5.92 Å². The van der Waals surface area contributed by atoms with E-state index in [0.717, 1.165) is 19.4 Å². The Morgan fingerprint density at radius 3 is 2.79 bits per heavy atom. The number of rotatable bonds is 2. The van der Waals surface area contributed by atoms with Crippen LogP contribution in [0.2, 0.25) is 0 Å². The average Bonchev–Trinajstić information content (AvgIpc) is 2.59. The predicted octanol–water partition coefficient (Wildman–Crippen LogP) is 0.146. The minimum absolute atomic E-state index is 0.0725. The van der Waals surface area contributed by atoms with Crippen molar-refractivity contribution in [1.82, 2.24) is 5.32 Å². The summed E-state index contributed by atoms with van der Waals surface area (Å²) in [7, 11) is -2.73. The van der Waals surface area contributed by atoms with Gasteiger partial charge in [-0.25, -0.2) is 8.42 Å². The minimum atomic E-state index is -2.73. The van der Waals surface area contributed by atoms with Crippen LogP contribution in [0.25, 0.3) is 0 Å². The lowest BCUT2D eigenvalue weighted by Gasteiger charge is -2.14. The van der Waals surface area contributed by atoms with Crippen molar-refractivity contribution in [1.29, 1.82) is 0 Å². The Morgan fingerprint density at radius 2 is 2.29 bits per heavy atom. The summed E-state index contributed by atoms with van der Waals surface area (Å²) in [5, 5.41) is 3.24. The molecule has 4 nitrogen and oxygen atoms in total. The van der Waals surface area contributed by atoms with Gasteiger partial charge in [-0.3, -0.25) is 5.32 Å². The van der Waals surface area contributed by atoms with E-state index in [9.17, 15) is 8.42 Å². The van der Waals surface area contributed by atoms with Gasteiger partial charge in [0, 0.05) is 6.54 Å². The van der Waals surface area contributed by atoms with E-state index in [1.807, 2.05) is 6.92 Å². The Hall–Kier alpha value is -0.130. The average molecular weight is 219 g/mol. The van der Waals surface area contributed by atoms with Crippen LogP contribution in [0.15, 0.2) is 0 Å². The third-order valence-corrected chi connectivity index (χ3v) is 4.74. The van der Waals surface area contributed by atoms with Gasteiger partial charge in [0.25, 0.3) is 0 Å². The van der Waals surface area contributed by atoms with Gasteiger partial charge < -0.3 is 4.74 Å². The van der Waals surface area contributed by atoms with E-state index in [0.29, 0.717) is 17.4 Å². The molecular formula is C9H17NO3S. The van der Waals surface area contributed by atoms with Crippen LogP contribution in [-0.4, -0.2) is 38.8 Å². The minimum Gasteiger partial charge on any atom is -0.359 e. The van der Waals surface area contributed by atoms with Gasteiger partial charge in [0.15, 0.2) is 9.84 Å². The van der Waals surface area contributed by atoms with Gasteiger partial charge in [-0.15, -0.1) is 0 Å². The molecule has 0 aromatic rings. The number of hydrogen-bond acceptors (Lipinski definition) is 4. The van der Waals surface area contributed by atoms with Crippen molar-refractivity contribution >= 4 is 9.84 Å². The molecule has 2 aliphatic heterocycles. The molecule has 2 aliphatic rings. The van der Waals surface area contributed by atoms with Crippen LogP contribution in [0.3, 0.4) is 0 Å². The maximum Gasteiger partial charge on any atom is 0.150 e. The van der Waals surface area contributed by atoms with Crippen LogP contribution in [0.1, 0.15) is 19.8 Å². The lowest BCUT2D eigenvalue weighted by Crippen LogP contribution is -2.25. The first-order valence-corrected chi connectivity index (χ1v) is 6.96. The highest BCUT2D eigenvalue weighted by molar-refractivity contribution is 7.91. The monoisotopic (exact) mass is 219 g/mol. The van der Waals surface area contributed by atoms with Crippen LogP contribution < -0.4 is 5.32 Å². The first-order chi connectivity index (χ1) is 6.55. The molecule has 2 rings (SSSR count). The number of sulfone groups is 1. The maximum atomic E-state index is 11.2. The molecule has 0 amide bonds. The van der Waals surface area contributed by atoms with Crippen LogP contribution in [-0.2, 0) is 14.6 Å². The van der Waals surface area contributed by atoms with E-state index >= 15 is 0 Å². The lowest BCUT2D eigenvalue weighted by atomic mass is 10.0. The second-order valence-corrected chi connectivity index (χ2v) is 6.58. The van der Waals surface area contributed by atoms with Crippen molar-refractivity contribution in [2.45, 2.75) is 32.1 Å². The highest BCUT2D eigenvalue weighted by atomic mass is 32.2. The van der Waals surface area contributed by atoms with E-state index < -0.39 is 9.84 Å². The molecule has 0 radical (unpaired) electrons. The molecule has 0 aromatic carbocycles. The number of hydrogen-bond donors (Lipinski definition) is 1. The van der Waals surface area contributed by atoms with Crippen molar-refractivity contribution in [2.24, 2.45) is 5.92 Å². The van der Waals surface area contributed by atoms with Crippen molar-refractivity contribution in [3.05, 3.63) is 0 Å². The Bertz CT molecular complexity index is 301. The van der Waals surface area contributed by atoms with E-state index in [4.69, 9.17) is 4.74 Å². The fourth-order valence-corrected chi connectivity index (χ4v) is 4.05. The topological polar surface area (TPSA) is 55.4 Å². The maximum absolute atomic E-state index is 11.2. The molecule has 2 fully saturated rings. The molecule has 14 heavy (non-hydrogen) atoms. The molecule has 82 valence electrons. The number of ether oxygens (including phenoxy) is 1. The van der Waals surface area contributed by atoms with Crippen molar-refractivity contribution in [2.75, 3.05) is 18.1 Å². The summed E-state index contributed by atoms with van der Waals surface area (Å²) in [5.41, 5.74) is 0. The summed E-state index contributed by atoms with van der Waals surface area (Å²) in [6, 6.07) is 0. The molecule has 2 heterocycles. The fourth-order valence-electron chi connectivity index (χ4n) is 2.17. The molecule has 0 aromatic heterocycles. The molecule has 2 saturated heterocycles. The van der Waals surface area contributed by atoms with Crippen molar-refractivity contribution in [3.63, 3.8) is 0 Å². The van der Waals surface area contributed by atoms with Crippen LogP contribution in [0.4, 0.5) is 0 Å². The Kier molecular flexibility index (Phi) is 2.81. The molecule has 1 N–H and O–H groups in total. The third kappa shape index (κ3) is 2.46. The van der Waals surface area contributed by atoms with Gasteiger partial charge in [0.1, 0.15) is 6.23 Å². The SMILES string of the molecule is CC1CNC(CC2CCS(=O)(=O)C2)O1. The normalized spacial score (nSPS) is 41.6. The van der Waals surface area contributed by atoms with Crippen molar-refractivity contribution in [3.8, 4) is 0 Å². The molecule has 3 unspecified atom stereocenters. The zero-order chi connectivity index (χ0) is 10.2. The summed E-state index contributed by atoms with van der Waals surface area (Å²) in [6.45, 7) is 2.91. The molecule has 0 saturated carbocycles. The van der Waals surface area contributed by atoms with Crippen molar-refractivity contribution < 1.29 is 13.2 Å². The molecule has 5 heteroatoms. The van der Waals surface area contributed by atoms with Gasteiger partial charge in [-0.2, -0.15) is 0 Å². The van der Waals surface area contributed by atoms with Crippen LogP contribution >= 0.6 is 0 Å². The fraction of sp³-hybridized carbons (Fsp3) is 1.00. The Labute approximate surface area is 84.9 Å². The van der Waals surface area contributed by atoms with Gasteiger partial charge >= 0.3 is 0 Å². The largest absolute Gasteiger partial charge is 0.359 e. The van der Waals surface area contributed by atoms with Gasteiger partial charge in [0.05, 0.1) is 17.6 Å². The third-order valence-electron chi connectivity index (χ3n) is 2.90. The highest BCUT2D eigenvalue weighted by Gasteiger charge is 2.32. The van der Waals surface area contributed by atoms with E-state index in [1.165, 1.54) is 0 Å². The summed E-state index contributed by atoms with van der Waals surface area (Å²) in [4.78, 5) is 0. The zero-order valence-corrected chi connectivity index (χ0v) is 9.22. The second kappa shape index (κ2) is 3.79. The highest BCUT2D eigenvalue weighted by Crippen LogP contribution is 2.24.